The van der Waals surface area contributed by atoms with Crippen molar-refractivity contribution in [2.45, 2.75) is 41.9 Å². The highest BCUT2D eigenvalue weighted by atomic mass is 32.2. The van der Waals surface area contributed by atoms with Crippen LogP contribution in [0.1, 0.15) is 25.7 Å². The van der Waals surface area contributed by atoms with Gasteiger partial charge in [-0.2, -0.15) is 0 Å². The third kappa shape index (κ3) is 2.95. The van der Waals surface area contributed by atoms with Gasteiger partial charge < -0.3 is 5.11 Å². The molecule has 0 saturated heterocycles. The topological polar surface area (TPSA) is 20.2 Å². The van der Waals surface area contributed by atoms with Crippen LogP contribution in [0.4, 0.5) is 4.39 Å². The third-order valence-electron chi connectivity index (χ3n) is 2.77. The minimum absolute atomic E-state index is 0.200. The predicted molar refractivity (Wildman–Crippen MR) is 60.5 cm³/mol. The van der Waals surface area contributed by atoms with Gasteiger partial charge in [0.15, 0.2) is 0 Å². The Hall–Kier alpha value is -0.540. The smallest absolute Gasteiger partial charge is 0.123 e. The summed E-state index contributed by atoms with van der Waals surface area (Å²) in [5.74, 6) is -0.205. The Labute approximate surface area is 93.7 Å². The normalized spacial score (nSPS) is 26.5. The number of thioether (sulfide) groups is 1. The summed E-state index contributed by atoms with van der Waals surface area (Å²) in [6.07, 6.45) is 4.08. The van der Waals surface area contributed by atoms with E-state index in [9.17, 15) is 9.50 Å². The van der Waals surface area contributed by atoms with Crippen LogP contribution in [0.3, 0.4) is 0 Å². The molecule has 1 saturated carbocycles. The van der Waals surface area contributed by atoms with Crippen LogP contribution >= 0.6 is 11.8 Å². The van der Waals surface area contributed by atoms with E-state index in [2.05, 4.69) is 0 Å². The zero-order valence-corrected chi connectivity index (χ0v) is 9.34. The molecular formula is C12H15FOS. The maximum Gasteiger partial charge on any atom is 0.123 e. The predicted octanol–water partition coefficient (Wildman–Crippen LogP) is 3.22. The second-order valence-corrected chi connectivity index (χ2v) is 5.27. The first kappa shape index (κ1) is 11.0. The minimum Gasteiger partial charge on any atom is -0.392 e. The van der Waals surface area contributed by atoms with E-state index in [4.69, 9.17) is 0 Å². The van der Waals surface area contributed by atoms with Gasteiger partial charge in [-0.25, -0.2) is 4.39 Å². The molecule has 0 aromatic heterocycles. The Balaban J connectivity index is 1.98. The van der Waals surface area contributed by atoms with Crippen LogP contribution in [-0.4, -0.2) is 16.5 Å². The highest BCUT2D eigenvalue weighted by molar-refractivity contribution is 8.00. The summed E-state index contributed by atoms with van der Waals surface area (Å²) >= 11 is 1.66. The van der Waals surface area contributed by atoms with E-state index < -0.39 is 0 Å². The number of rotatable bonds is 2. The average molecular weight is 226 g/mol. The van der Waals surface area contributed by atoms with Crippen molar-refractivity contribution >= 4 is 11.8 Å². The van der Waals surface area contributed by atoms with Gasteiger partial charge in [0.2, 0.25) is 0 Å². The minimum atomic E-state index is -0.205. The first-order chi connectivity index (χ1) is 7.25. The Bertz CT molecular complexity index is 312. The Morgan fingerprint density at radius 3 is 2.47 bits per heavy atom. The summed E-state index contributed by atoms with van der Waals surface area (Å²) in [5.41, 5.74) is 0. The summed E-state index contributed by atoms with van der Waals surface area (Å²) in [4.78, 5) is 1.04. The van der Waals surface area contributed by atoms with E-state index in [1.807, 2.05) is 0 Å². The van der Waals surface area contributed by atoms with Gasteiger partial charge in [0.1, 0.15) is 5.82 Å². The molecule has 0 unspecified atom stereocenters. The zero-order chi connectivity index (χ0) is 10.7. The summed E-state index contributed by atoms with van der Waals surface area (Å²) in [6.45, 7) is 0. The van der Waals surface area contributed by atoms with Crippen molar-refractivity contribution in [1.29, 1.82) is 0 Å². The van der Waals surface area contributed by atoms with Crippen molar-refractivity contribution in [2.75, 3.05) is 0 Å². The maximum atomic E-state index is 12.7. The molecule has 1 fully saturated rings. The van der Waals surface area contributed by atoms with E-state index in [0.29, 0.717) is 0 Å². The second-order valence-electron chi connectivity index (χ2n) is 3.96. The molecule has 0 spiro atoms. The van der Waals surface area contributed by atoms with Crippen molar-refractivity contribution in [3.63, 3.8) is 0 Å². The molecule has 2 atom stereocenters. The molecule has 1 aromatic carbocycles. The van der Waals surface area contributed by atoms with Gasteiger partial charge in [-0.3, -0.25) is 0 Å². The van der Waals surface area contributed by atoms with Crippen LogP contribution in [0, 0.1) is 5.82 Å². The molecule has 1 aliphatic carbocycles. The van der Waals surface area contributed by atoms with Crippen molar-refractivity contribution in [3.05, 3.63) is 30.1 Å². The van der Waals surface area contributed by atoms with Gasteiger partial charge in [0.25, 0.3) is 0 Å². The van der Waals surface area contributed by atoms with Crippen LogP contribution < -0.4 is 0 Å². The number of aliphatic hydroxyl groups is 1. The highest BCUT2D eigenvalue weighted by Gasteiger charge is 2.23. The van der Waals surface area contributed by atoms with Crippen molar-refractivity contribution < 1.29 is 9.50 Å². The summed E-state index contributed by atoms with van der Waals surface area (Å²) < 4.78 is 12.7. The SMILES string of the molecule is O[C@@H]1CCCC[C@H]1Sc1ccc(F)cc1. The lowest BCUT2D eigenvalue weighted by Crippen LogP contribution is -2.26. The summed E-state index contributed by atoms with van der Waals surface area (Å²) in [6, 6.07) is 6.50. The molecule has 3 heteroatoms. The van der Waals surface area contributed by atoms with Gasteiger partial charge in [-0.15, -0.1) is 11.8 Å². The molecule has 15 heavy (non-hydrogen) atoms. The molecule has 1 N–H and O–H groups in total. The van der Waals surface area contributed by atoms with Crippen LogP contribution in [0.15, 0.2) is 29.2 Å². The molecule has 0 bridgehead atoms. The number of hydrogen-bond donors (Lipinski definition) is 1. The molecular weight excluding hydrogens is 211 g/mol. The number of halogens is 1. The molecule has 2 rings (SSSR count). The highest BCUT2D eigenvalue weighted by Crippen LogP contribution is 2.33. The fourth-order valence-corrected chi connectivity index (χ4v) is 3.12. The lowest BCUT2D eigenvalue weighted by molar-refractivity contribution is 0.137. The Morgan fingerprint density at radius 2 is 1.80 bits per heavy atom. The number of benzene rings is 1. The fraction of sp³-hybridized carbons (Fsp3) is 0.500. The van der Waals surface area contributed by atoms with Crippen molar-refractivity contribution in [3.8, 4) is 0 Å². The first-order valence-electron chi connectivity index (χ1n) is 5.36. The molecule has 0 amide bonds. The van der Waals surface area contributed by atoms with Crippen molar-refractivity contribution in [1.82, 2.24) is 0 Å². The van der Waals surface area contributed by atoms with E-state index >= 15 is 0 Å². The molecule has 0 heterocycles. The van der Waals surface area contributed by atoms with Crippen LogP contribution in [-0.2, 0) is 0 Å². The standard InChI is InChI=1S/C12H15FOS/c13-9-5-7-10(8-6-9)15-12-4-2-1-3-11(12)14/h5-8,11-12,14H,1-4H2/t11-,12-/m1/s1. The van der Waals surface area contributed by atoms with E-state index in [1.165, 1.54) is 18.6 Å². The van der Waals surface area contributed by atoms with Crippen LogP contribution in [0.2, 0.25) is 0 Å². The maximum absolute atomic E-state index is 12.7. The molecule has 0 aliphatic heterocycles. The van der Waals surface area contributed by atoms with Crippen molar-refractivity contribution in [2.24, 2.45) is 0 Å². The molecule has 1 nitrogen and oxygen atoms in total. The molecule has 82 valence electrons. The zero-order valence-electron chi connectivity index (χ0n) is 8.53. The van der Waals surface area contributed by atoms with Gasteiger partial charge in [0, 0.05) is 10.1 Å². The molecule has 0 radical (unpaired) electrons. The van der Waals surface area contributed by atoms with Crippen LogP contribution in [0.5, 0.6) is 0 Å². The average Bonchev–Trinajstić information content (AvgIpc) is 2.25. The monoisotopic (exact) mass is 226 g/mol. The quantitative estimate of drug-likeness (QED) is 0.835. The van der Waals surface area contributed by atoms with Crippen LogP contribution in [0.25, 0.3) is 0 Å². The number of aliphatic hydroxyl groups excluding tert-OH is 1. The lowest BCUT2D eigenvalue weighted by Gasteiger charge is -2.26. The summed E-state index contributed by atoms with van der Waals surface area (Å²) in [7, 11) is 0. The molecule has 1 aromatic rings. The largest absolute Gasteiger partial charge is 0.392 e. The number of hydrogen-bond acceptors (Lipinski definition) is 2. The lowest BCUT2D eigenvalue weighted by atomic mass is 9.97. The Kier molecular flexibility index (Phi) is 3.65. The Morgan fingerprint density at radius 1 is 1.13 bits per heavy atom. The third-order valence-corrected chi connectivity index (χ3v) is 4.17. The van der Waals surface area contributed by atoms with Gasteiger partial charge in [0.05, 0.1) is 6.10 Å². The fourth-order valence-electron chi connectivity index (χ4n) is 1.90. The van der Waals surface area contributed by atoms with E-state index in [-0.39, 0.29) is 17.2 Å². The van der Waals surface area contributed by atoms with Gasteiger partial charge in [-0.05, 0) is 37.1 Å². The van der Waals surface area contributed by atoms with E-state index in [0.717, 1.165) is 24.2 Å². The first-order valence-corrected chi connectivity index (χ1v) is 6.24. The van der Waals surface area contributed by atoms with Gasteiger partial charge in [-0.1, -0.05) is 12.8 Å². The van der Waals surface area contributed by atoms with Gasteiger partial charge >= 0.3 is 0 Å². The second kappa shape index (κ2) is 4.99. The summed E-state index contributed by atoms with van der Waals surface area (Å²) in [5, 5.41) is 10.1. The molecule has 1 aliphatic rings. The van der Waals surface area contributed by atoms with E-state index in [1.54, 1.807) is 23.9 Å².